The maximum atomic E-state index is 3.64. The zero-order chi connectivity index (χ0) is 12.5. The van der Waals surface area contributed by atoms with E-state index in [0.29, 0.717) is 0 Å². The lowest BCUT2D eigenvalue weighted by Gasteiger charge is -2.20. The third-order valence-electron chi connectivity index (χ3n) is 3.38. The Morgan fingerprint density at radius 2 is 1.94 bits per heavy atom. The van der Waals surface area contributed by atoms with Crippen molar-refractivity contribution < 1.29 is 0 Å². The highest BCUT2D eigenvalue weighted by molar-refractivity contribution is 9.10. The van der Waals surface area contributed by atoms with E-state index in [-0.39, 0.29) is 0 Å². The molecule has 2 aromatic carbocycles. The molecule has 3 heteroatoms. The van der Waals surface area contributed by atoms with Crippen molar-refractivity contribution >= 4 is 43.2 Å². The minimum atomic E-state index is 0.879. The van der Waals surface area contributed by atoms with Crippen LogP contribution < -0.4 is 4.90 Å². The van der Waals surface area contributed by atoms with Crippen LogP contribution in [-0.2, 0) is 11.8 Å². The Kier molecular flexibility index (Phi) is 3.44. The molecule has 0 saturated heterocycles. The van der Waals surface area contributed by atoms with Crippen molar-refractivity contribution in [3.8, 4) is 0 Å². The molecule has 0 saturated carbocycles. The number of fused-ring (bicyclic) bond motifs is 1. The van der Waals surface area contributed by atoms with Crippen LogP contribution in [0.5, 0.6) is 0 Å². The van der Waals surface area contributed by atoms with Gasteiger partial charge in [-0.3, -0.25) is 0 Å². The Morgan fingerprint density at radius 1 is 1.11 bits per heavy atom. The Labute approximate surface area is 124 Å². The first-order valence-corrected chi connectivity index (χ1v) is 7.91. The van der Waals surface area contributed by atoms with E-state index in [2.05, 4.69) is 79.2 Å². The van der Waals surface area contributed by atoms with Crippen LogP contribution in [0.2, 0.25) is 0 Å². The van der Waals surface area contributed by atoms with Gasteiger partial charge < -0.3 is 4.90 Å². The number of anilines is 2. The highest BCUT2D eigenvalue weighted by Crippen LogP contribution is 2.36. The predicted octanol–water partition coefficient (Wildman–Crippen LogP) is 5.04. The molecule has 92 valence electrons. The lowest BCUT2D eigenvalue weighted by Crippen LogP contribution is -2.13. The fourth-order valence-corrected chi connectivity index (χ4v) is 3.79. The van der Waals surface area contributed by atoms with E-state index in [0.717, 1.165) is 18.3 Å². The molecule has 18 heavy (non-hydrogen) atoms. The van der Waals surface area contributed by atoms with Crippen LogP contribution in [0.4, 0.5) is 11.4 Å². The molecule has 0 N–H and O–H groups in total. The summed E-state index contributed by atoms with van der Waals surface area (Å²) in [4.78, 5) is 2.39. The molecule has 0 spiro atoms. The second-order valence-electron chi connectivity index (χ2n) is 4.44. The lowest BCUT2D eigenvalue weighted by atomic mass is 10.1. The maximum Gasteiger partial charge on any atom is 0.0444 e. The number of halogens is 2. The number of alkyl halides is 1. The van der Waals surface area contributed by atoms with Gasteiger partial charge in [-0.25, -0.2) is 0 Å². The normalized spacial score (nSPS) is 13.8. The minimum absolute atomic E-state index is 0.879. The molecule has 1 nitrogen and oxygen atoms in total. The van der Waals surface area contributed by atoms with Gasteiger partial charge in [0.05, 0.1) is 0 Å². The summed E-state index contributed by atoms with van der Waals surface area (Å²) in [7, 11) is 0. The molecule has 1 aliphatic rings. The van der Waals surface area contributed by atoms with Crippen molar-refractivity contribution in [1.82, 2.24) is 0 Å². The lowest BCUT2D eigenvalue weighted by molar-refractivity contribution is 0.997. The van der Waals surface area contributed by atoms with Crippen LogP contribution in [-0.4, -0.2) is 6.54 Å². The summed E-state index contributed by atoms with van der Waals surface area (Å²) in [5.74, 6) is 0. The Hall–Kier alpha value is -0.800. The van der Waals surface area contributed by atoms with Gasteiger partial charge in [0, 0.05) is 27.7 Å². The third kappa shape index (κ3) is 2.10. The number of benzene rings is 2. The first-order chi connectivity index (χ1) is 8.79. The van der Waals surface area contributed by atoms with Gasteiger partial charge >= 0.3 is 0 Å². The van der Waals surface area contributed by atoms with Gasteiger partial charge in [-0.1, -0.05) is 56.1 Å². The number of para-hydroxylation sites is 1. The topological polar surface area (TPSA) is 3.24 Å². The smallest absolute Gasteiger partial charge is 0.0444 e. The molecule has 0 bridgehead atoms. The molecule has 0 unspecified atom stereocenters. The number of hydrogen-bond acceptors (Lipinski definition) is 1. The van der Waals surface area contributed by atoms with Crippen molar-refractivity contribution in [2.24, 2.45) is 0 Å². The van der Waals surface area contributed by atoms with E-state index in [1.807, 2.05) is 0 Å². The Morgan fingerprint density at radius 3 is 2.72 bits per heavy atom. The quantitative estimate of drug-likeness (QED) is 0.673. The minimum Gasteiger partial charge on any atom is -0.341 e. The third-order valence-corrected chi connectivity index (χ3v) is 4.72. The summed E-state index contributed by atoms with van der Waals surface area (Å²) in [5.41, 5.74) is 5.33. The van der Waals surface area contributed by atoms with Crippen molar-refractivity contribution in [3.05, 3.63) is 58.1 Å². The molecule has 2 aromatic rings. The van der Waals surface area contributed by atoms with E-state index >= 15 is 0 Å². The van der Waals surface area contributed by atoms with Crippen LogP contribution in [0, 0.1) is 0 Å². The summed E-state index contributed by atoms with van der Waals surface area (Å²) < 4.78 is 1.17. The summed E-state index contributed by atoms with van der Waals surface area (Å²) >= 11 is 7.14. The fraction of sp³-hybridized carbons (Fsp3) is 0.200. The van der Waals surface area contributed by atoms with Crippen molar-refractivity contribution in [2.45, 2.75) is 11.8 Å². The number of rotatable bonds is 2. The van der Waals surface area contributed by atoms with Crippen molar-refractivity contribution in [1.29, 1.82) is 0 Å². The molecule has 0 radical (unpaired) electrons. The maximum absolute atomic E-state index is 3.64. The zero-order valence-electron chi connectivity index (χ0n) is 9.87. The molecular weight excluding hydrogens is 354 g/mol. The molecule has 0 amide bonds. The van der Waals surface area contributed by atoms with E-state index < -0.39 is 0 Å². The van der Waals surface area contributed by atoms with Crippen LogP contribution in [0.3, 0.4) is 0 Å². The zero-order valence-corrected chi connectivity index (χ0v) is 13.0. The van der Waals surface area contributed by atoms with Gasteiger partial charge in [-0.15, -0.1) is 0 Å². The molecule has 1 heterocycles. The van der Waals surface area contributed by atoms with Gasteiger partial charge in [0.15, 0.2) is 0 Å². The van der Waals surface area contributed by atoms with E-state index in [1.165, 1.54) is 27.0 Å². The monoisotopic (exact) mass is 365 g/mol. The Balaban J connectivity index is 2.00. The molecule has 1 aliphatic heterocycles. The molecule has 0 fully saturated rings. The molecule has 0 aromatic heterocycles. The summed E-state index contributed by atoms with van der Waals surface area (Å²) in [6.07, 6.45) is 1.13. The first kappa shape index (κ1) is 12.2. The molecule has 0 aliphatic carbocycles. The second kappa shape index (κ2) is 5.06. The van der Waals surface area contributed by atoms with Gasteiger partial charge in [-0.2, -0.15) is 0 Å². The van der Waals surface area contributed by atoms with Crippen LogP contribution in [0.1, 0.15) is 11.1 Å². The summed E-state index contributed by atoms with van der Waals surface area (Å²) in [5, 5.41) is 0.879. The van der Waals surface area contributed by atoms with Gasteiger partial charge in [0.1, 0.15) is 0 Å². The largest absolute Gasteiger partial charge is 0.341 e. The van der Waals surface area contributed by atoms with Crippen molar-refractivity contribution in [2.75, 3.05) is 11.4 Å². The second-order valence-corrected chi connectivity index (χ2v) is 5.85. The van der Waals surface area contributed by atoms with Crippen LogP contribution >= 0.6 is 31.9 Å². The van der Waals surface area contributed by atoms with Gasteiger partial charge in [0.25, 0.3) is 0 Å². The van der Waals surface area contributed by atoms with E-state index in [4.69, 9.17) is 0 Å². The molecule has 3 rings (SSSR count). The first-order valence-electron chi connectivity index (χ1n) is 5.99. The fourth-order valence-electron chi connectivity index (χ4n) is 2.42. The average Bonchev–Trinajstić information content (AvgIpc) is 2.82. The molecular formula is C15H13Br2N. The highest BCUT2D eigenvalue weighted by atomic mass is 79.9. The average molecular weight is 367 g/mol. The number of nitrogens with zero attached hydrogens (tertiary/aromatic N) is 1. The molecule has 0 atom stereocenters. The Bertz CT molecular complexity index is 580. The van der Waals surface area contributed by atoms with Crippen LogP contribution in [0.25, 0.3) is 0 Å². The van der Waals surface area contributed by atoms with E-state index in [1.54, 1.807) is 0 Å². The summed E-state index contributed by atoms with van der Waals surface area (Å²) in [6, 6.07) is 15.2. The standard InChI is InChI=1S/C15H13Br2N/c16-10-12-5-6-13(9-14(12)17)18-8-7-11-3-1-2-4-15(11)18/h1-6,9H,7-8,10H2. The van der Waals surface area contributed by atoms with Gasteiger partial charge in [-0.05, 0) is 35.7 Å². The van der Waals surface area contributed by atoms with Crippen LogP contribution in [0.15, 0.2) is 46.9 Å². The van der Waals surface area contributed by atoms with Crippen molar-refractivity contribution in [3.63, 3.8) is 0 Å². The SMILES string of the molecule is BrCc1ccc(N2CCc3ccccc32)cc1Br. The number of hydrogen-bond donors (Lipinski definition) is 0. The summed E-state index contributed by atoms with van der Waals surface area (Å²) in [6.45, 7) is 1.07. The van der Waals surface area contributed by atoms with E-state index in [9.17, 15) is 0 Å². The predicted molar refractivity (Wildman–Crippen MR) is 83.9 cm³/mol. The highest BCUT2D eigenvalue weighted by Gasteiger charge is 2.19. The van der Waals surface area contributed by atoms with Gasteiger partial charge in [0.2, 0.25) is 0 Å².